The number of esters is 2. The number of quaternary nitrogens is 1. The molecule has 0 fully saturated rings. The Labute approximate surface area is 515 Å². The Kier molecular flexibility index (Phi) is 62.4. The van der Waals surface area contributed by atoms with E-state index < -0.39 is 26.5 Å². The minimum absolute atomic E-state index is 0.0291. The first-order chi connectivity index (χ1) is 40.5. The van der Waals surface area contributed by atoms with E-state index >= 15 is 0 Å². The normalized spacial score (nSPS) is 13.5. The highest BCUT2D eigenvalue weighted by Crippen LogP contribution is 2.38. The Morgan fingerprint density at radius 2 is 0.687 bits per heavy atom. The van der Waals surface area contributed by atoms with Gasteiger partial charge in [-0.25, -0.2) is 0 Å². The number of nitrogens with zero attached hydrogens (tertiary/aromatic N) is 1. The van der Waals surface area contributed by atoms with Crippen molar-refractivity contribution in [2.45, 2.75) is 347 Å². The quantitative estimate of drug-likeness (QED) is 0.0195. The maximum absolute atomic E-state index is 12.9. The van der Waals surface area contributed by atoms with E-state index in [1.54, 1.807) is 0 Å². The van der Waals surface area contributed by atoms with E-state index in [1.165, 1.54) is 238 Å². The van der Waals surface area contributed by atoms with Gasteiger partial charge < -0.3 is 27.9 Å². The van der Waals surface area contributed by atoms with E-state index in [0.717, 1.165) is 70.6 Å². The lowest BCUT2D eigenvalue weighted by molar-refractivity contribution is -0.870. The summed E-state index contributed by atoms with van der Waals surface area (Å²) in [7, 11) is 1.18. The Bertz CT molecular complexity index is 1580. The molecule has 0 spiro atoms. The Morgan fingerprint density at radius 1 is 0.386 bits per heavy atom. The van der Waals surface area contributed by atoms with E-state index in [0.29, 0.717) is 17.4 Å². The van der Waals surface area contributed by atoms with Crippen LogP contribution >= 0.6 is 7.82 Å². The van der Waals surface area contributed by atoms with Crippen LogP contribution in [0.4, 0.5) is 0 Å². The summed E-state index contributed by atoms with van der Waals surface area (Å²) in [5.74, 6) is -0.814. The molecule has 0 aliphatic rings. The maximum Gasteiger partial charge on any atom is 0.306 e. The van der Waals surface area contributed by atoms with E-state index in [-0.39, 0.29) is 32.0 Å². The van der Waals surface area contributed by atoms with Crippen molar-refractivity contribution in [1.29, 1.82) is 0 Å². The van der Waals surface area contributed by atoms with Crippen molar-refractivity contribution in [3.63, 3.8) is 0 Å². The average Bonchev–Trinajstić information content (AvgIpc) is 3.48. The molecule has 0 rings (SSSR count). The number of phosphoric ester groups is 1. The lowest BCUT2D eigenvalue weighted by Crippen LogP contribution is -2.37. The highest BCUT2D eigenvalue weighted by atomic mass is 31.2. The number of phosphoric acid groups is 1. The Hall–Kier alpha value is -2.29. The summed E-state index contributed by atoms with van der Waals surface area (Å²) in [6.07, 6.45) is 84.5. The monoisotopic (exact) mass is 1190 g/mol. The third kappa shape index (κ3) is 68.7. The predicted octanol–water partition coefficient (Wildman–Crippen LogP) is 22.4. The number of hydrogen-bond donors (Lipinski definition) is 0. The third-order valence-corrected chi connectivity index (χ3v) is 16.8. The molecule has 0 aromatic heterocycles. The zero-order chi connectivity index (χ0) is 60.5. The summed E-state index contributed by atoms with van der Waals surface area (Å²) in [6.45, 7) is 4.19. The molecule has 0 heterocycles. The molecule has 2 unspecified atom stereocenters. The van der Waals surface area contributed by atoms with Crippen LogP contribution in [0, 0.1) is 0 Å². The van der Waals surface area contributed by atoms with Gasteiger partial charge >= 0.3 is 11.9 Å². The van der Waals surface area contributed by atoms with Crippen LogP contribution in [-0.2, 0) is 32.7 Å². The van der Waals surface area contributed by atoms with Crippen molar-refractivity contribution in [2.24, 2.45) is 0 Å². The standard InChI is InChI=1S/C73H136NO8P/c1-6-8-10-12-14-16-18-20-22-24-26-28-30-32-34-35-36-37-38-39-40-42-44-46-48-50-52-54-56-58-60-62-64-66-73(76)82-71(70-81-83(77,78)80-68-67-74(3,4)5)69-79-72(75)65-63-61-59-57-55-53-51-49-47-45-43-41-33-31-29-27-25-23-21-19-17-15-13-11-9-7-2/h8,10,14,16,20,22,26,28,32,34,71H,6-7,9,11-13,15,17-19,21,23-25,27,29-31,33,35-70H2,1-5H3/b10-8-,16-14-,22-20-,28-26-,34-32-. The summed E-state index contributed by atoms with van der Waals surface area (Å²) in [4.78, 5) is 38.1. The largest absolute Gasteiger partial charge is 0.756 e. The fraction of sp³-hybridized carbons (Fsp3) is 0.836. The van der Waals surface area contributed by atoms with Crippen molar-refractivity contribution in [1.82, 2.24) is 0 Å². The van der Waals surface area contributed by atoms with Crippen LogP contribution in [0.25, 0.3) is 0 Å². The van der Waals surface area contributed by atoms with Gasteiger partial charge in [-0.15, -0.1) is 0 Å². The van der Waals surface area contributed by atoms with Gasteiger partial charge in [0.15, 0.2) is 6.10 Å². The third-order valence-electron chi connectivity index (χ3n) is 15.8. The lowest BCUT2D eigenvalue weighted by Gasteiger charge is -2.28. The van der Waals surface area contributed by atoms with Crippen LogP contribution in [0.5, 0.6) is 0 Å². The van der Waals surface area contributed by atoms with Crippen LogP contribution < -0.4 is 4.89 Å². The Morgan fingerprint density at radius 3 is 1.02 bits per heavy atom. The molecule has 2 atom stereocenters. The molecule has 9 nitrogen and oxygen atoms in total. The van der Waals surface area contributed by atoms with Crippen LogP contribution in [0.15, 0.2) is 60.8 Å². The zero-order valence-corrected chi connectivity index (χ0v) is 56.3. The van der Waals surface area contributed by atoms with Gasteiger partial charge in [0.1, 0.15) is 19.8 Å². The van der Waals surface area contributed by atoms with Gasteiger partial charge in [0.2, 0.25) is 0 Å². The first kappa shape index (κ1) is 80.7. The molecule has 0 bridgehead atoms. The molecule has 10 heteroatoms. The van der Waals surface area contributed by atoms with Crippen molar-refractivity contribution in [3.8, 4) is 0 Å². The highest BCUT2D eigenvalue weighted by Gasteiger charge is 2.22. The van der Waals surface area contributed by atoms with Gasteiger partial charge in [-0.2, -0.15) is 0 Å². The SMILES string of the molecule is CC/C=C\C/C=C\C/C=C\C/C=C\C/C=C\CCCCCCCCCCCCCCCCCCCC(=O)OC(COC(=O)CCCCCCCCCCCCCCCCCCCCCCCCCCCC)COP(=O)([O-])OCC[N+](C)(C)C. The number of allylic oxidation sites excluding steroid dienone is 10. The van der Waals surface area contributed by atoms with Crippen molar-refractivity contribution < 1.29 is 42.1 Å². The second kappa shape index (κ2) is 64.2. The minimum Gasteiger partial charge on any atom is -0.756 e. The molecular formula is C73H136NO8P. The van der Waals surface area contributed by atoms with Crippen molar-refractivity contribution >= 4 is 19.8 Å². The average molecular weight is 1190 g/mol. The van der Waals surface area contributed by atoms with E-state index in [2.05, 4.69) is 74.6 Å². The first-order valence-corrected chi connectivity index (χ1v) is 37.0. The summed E-state index contributed by atoms with van der Waals surface area (Å²) in [5, 5.41) is 0. The second-order valence-corrected chi connectivity index (χ2v) is 26.6. The fourth-order valence-electron chi connectivity index (χ4n) is 10.4. The van der Waals surface area contributed by atoms with Gasteiger partial charge in [0.05, 0.1) is 27.7 Å². The number of likely N-dealkylation sites (N-methyl/N-ethyl adjacent to an activating group) is 1. The molecule has 0 aromatic rings. The smallest absolute Gasteiger partial charge is 0.306 e. The molecule has 0 saturated heterocycles. The van der Waals surface area contributed by atoms with Gasteiger partial charge in [0, 0.05) is 12.8 Å². The summed E-state index contributed by atoms with van der Waals surface area (Å²) < 4.78 is 34.3. The van der Waals surface area contributed by atoms with Crippen LogP contribution in [0.2, 0.25) is 0 Å². The van der Waals surface area contributed by atoms with Crippen molar-refractivity contribution in [2.75, 3.05) is 47.5 Å². The summed E-state index contributed by atoms with van der Waals surface area (Å²) in [6, 6.07) is 0. The van der Waals surface area contributed by atoms with Crippen molar-refractivity contribution in [3.05, 3.63) is 60.8 Å². The molecule has 83 heavy (non-hydrogen) atoms. The minimum atomic E-state index is -4.64. The maximum atomic E-state index is 12.9. The van der Waals surface area contributed by atoms with E-state index in [9.17, 15) is 19.0 Å². The first-order valence-electron chi connectivity index (χ1n) is 35.5. The zero-order valence-electron chi connectivity index (χ0n) is 55.4. The van der Waals surface area contributed by atoms with Gasteiger partial charge in [-0.05, 0) is 57.8 Å². The molecule has 0 saturated carbocycles. The molecular weight excluding hydrogens is 1050 g/mol. The Balaban J connectivity index is 4.00. The molecule has 0 radical (unpaired) electrons. The molecule has 0 amide bonds. The second-order valence-electron chi connectivity index (χ2n) is 25.2. The molecule has 0 aliphatic heterocycles. The van der Waals surface area contributed by atoms with E-state index in [4.69, 9.17) is 18.5 Å². The van der Waals surface area contributed by atoms with Gasteiger partial charge in [-0.3, -0.25) is 14.2 Å². The number of carbonyl (C=O) groups excluding carboxylic acids is 2. The predicted molar refractivity (Wildman–Crippen MR) is 356 cm³/mol. The number of rotatable bonds is 66. The summed E-state index contributed by atoms with van der Waals surface area (Å²) in [5.41, 5.74) is 0. The van der Waals surface area contributed by atoms with Gasteiger partial charge in [-0.1, -0.05) is 331 Å². The van der Waals surface area contributed by atoms with Gasteiger partial charge in [0.25, 0.3) is 7.82 Å². The number of carbonyl (C=O) groups is 2. The number of ether oxygens (including phenoxy) is 2. The number of unbranched alkanes of at least 4 members (excludes halogenated alkanes) is 42. The highest BCUT2D eigenvalue weighted by molar-refractivity contribution is 7.45. The fourth-order valence-corrected chi connectivity index (χ4v) is 11.1. The number of hydrogen-bond acceptors (Lipinski definition) is 8. The van der Waals surface area contributed by atoms with E-state index in [1.807, 2.05) is 21.1 Å². The van der Waals surface area contributed by atoms with Crippen LogP contribution in [0.1, 0.15) is 341 Å². The summed E-state index contributed by atoms with van der Waals surface area (Å²) >= 11 is 0. The molecule has 0 aliphatic carbocycles. The topological polar surface area (TPSA) is 111 Å². The lowest BCUT2D eigenvalue weighted by atomic mass is 10.0. The molecule has 486 valence electrons. The van der Waals surface area contributed by atoms with Crippen LogP contribution in [0.3, 0.4) is 0 Å². The molecule has 0 aromatic carbocycles. The molecule has 0 N–H and O–H groups in total. The van der Waals surface area contributed by atoms with Crippen LogP contribution in [-0.4, -0.2) is 70.0 Å².